The molecule has 0 saturated carbocycles. The highest BCUT2D eigenvalue weighted by Gasteiger charge is 2.22. The Labute approximate surface area is 157 Å². The Morgan fingerprint density at radius 3 is 2.38 bits per heavy atom. The number of allylic oxidation sites excluding steroid dienone is 2. The average Bonchev–Trinajstić information content (AvgIpc) is 2.64. The van der Waals surface area contributed by atoms with E-state index in [1.165, 1.54) is 16.7 Å². The van der Waals surface area contributed by atoms with E-state index >= 15 is 0 Å². The van der Waals surface area contributed by atoms with Crippen LogP contribution in [0.25, 0.3) is 5.76 Å². The molecule has 0 aliphatic carbocycles. The van der Waals surface area contributed by atoms with E-state index in [9.17, 15) is 0 Å². The van der Waals surface area contributed by atoms with Crippen molar-refractivity contribution in [2.45, 2.75) is 39.3 Å². The third-order valence-electron chi connectivity index (χ3n) is 4.87. The molecule has 2 aromatic rings. The Kier molecular flexibility index (Phi) is 6.30. The normalized spacial score (nSPS) is 16.5. The minimum atomic E-state index is 0.271. The summed E-state index contributed by atoms with van der Waals surface area (Å²) in [5.74, 6) is 0.956. The van der Waals surface area contributed by atoms with Crippen LogP contribution < -0.4 is 0 Å². The van der Waals surface area contributed by atoms with Crippen molar-refractivity contribution in [2.75, 3.05) is 13.1 Å². The first kappa shape index (κ1) is 18.5. The second-order valence-electron chi connectivity index (χ2n) is 7.25. The van der Waals surface area contributed by atoms with Crippen molar-refractivity contribution in [3.63, 3.8) is 0 Å². The summed E-state index contributed by atoms with van der Waals surface area (Å²) in [6.07, 6.45) is 4.46. The number of nitrogens with zero attached hydrogens (tertiary/aromatic N) is 1. The van der Waals surface area contributed by atoms with Gasteiger partial charge >= 0.3 is 0 Å². The van der Waals surface area contributed by atoms with E-state index in [0.29, 0.717) is 0 Å². The summed E-state index contributed by atoms with van der Waals surface area (Å²) < 4.78 is 6.44. The summed E-state index contributed by atoms with van der Waals surface area (Å²) in [6.45, 7) is 11.4. The van der Waals surface area contributed by atoms with E-state index in [-0.39, 0.29) is 6.10 Å². The van der Waals surface area contributed by atoms with Crippen molar-refractivity contribution >= 4 is 5.76 Å². The van der Waals surface area contributed by atoms with Gasteiger partial charge in [0.25, 0.3) is 0 Å². The van der Waals surface area contributed by atoms with Crippen molar-refractivity contribution < 1.29 is 4.74 Å². The van der Waals surface area contributed by atoms with Crippen molar-refractivity contribution in [3.05, 3.63) is 89.5 Å². The minimum absolute atomic E-state index is 0.271. The molecule has 0 N–H and O–H groups in total. The summed E-state index contributed by atoms with van der Waals surface area (Å²) in [7, 11) is 0. The van der Waals surface area contributed by atoms with Crippen LogP contribution in [0.3, 0.4) is 0 Å². The van der Waals surface area contributed by atoms with Gasteiger partial charge in [0.1, 0.15) is 11.9 Å². The predicted molar refractivity (Wildman–Crippen MR) is 110 cm³/mol. The van der Waals surface area contributed by atoms with Crippen molar-refractivity contribution in [1.29, 1.82) is 0 Å². The zero-order valence-electron chi connectivity index (χ0n) is 15.9. The molecular weight excluding hydrogens is 318 g/mol. The summed E-state index contributed by atoms with van der Waals surface area (Å²) in [5.41, 5.74) is 4.81. The minimum Gasteiger partial charge on any atom is -0.490 e. The molecule has 1 aliphatic heterocycles. The lowest BCUT2D eigenvalue weighted by Crippen LogP contribution is -2.36. The Morgan fingerprint density at radius 1 is 1.08 bits per heavy atom. The molecule has 0 atom stereocenters. The highest BCUT2D eigenvalue weighted by molar-refractivity contribution is 5.65. The van der Waals surface area contributed by atoms with Crippen LogP contribution >= 0.6 is 0 Å². The zero-order valence-corrected chi connectivity index (χ0v) is 15.9. The van der Waals surface area contributed by atoms with Gasteiger partial charge in [0.05, 0.1) is 0 Å². The molecule has 1 saturated heterocycles. The molecule has 1 aliphatic rings. The van der Waals surface area contributed by atoms with Gasteiger partial charge in [-0.25, -0.2) is 0 Å². The van der Waals surface area contributed by atoms with E-state index in [4.69, 9.17) is 4.74 Å². The molecular formula is C24H29NO. The molecule has 1 heterocycles. The van der Waals surface area contributed by atoms with Gasteiger partial charge < -0.3 is 4.74 Å². The molecule has 3 rings (SSSR count). The van der Waals surface area contributed by atoms with Gasteiger partial charge in [-0.3, -0.25) is 4.90 Å². The maximum atomic E-state index is 6.44. The zero-order chi connectivity index (χ0) is 18.4. The first-order valence-corrected chi connectivity index (χ1v) is 9.48. The molecule has 0 unspecified atom stereocenters. The number of likely N-dealkylation sites (tertiary alicyclic amines) is 1. The van der Waals surface area contributed by atoms with Crippen molar-refractivity contribution in [2.24, 2.45) is 0 Å². The largest absolute Gasteiger partial charge is 0.490 e. The van der Waals surface area contributed by atoms with E-state index in [0.717, 1.165) is 43.8 Å². The lowest BCUT2D eigenvalue weighted by atomic mass is 10.0. The van der Waals surface area contributed by atoms with Crippen LogP contribution in [0.2, 0.25) is 0 Å². The number of piperidine rings is 1. The number of ether oxygens (including phenoxy) is 1. The summed E-state index contributed by atoms with van der Waals surface area (Å²) in [4.78, 5) is 2.52. The molecule has 136 valence electrons. The van der Waals surface area contributed by atoms with Crippen LogP contribution in [0.1, 0.15) is 36.5 Å². The summed E-state index contributed by atoms with van der Waals surface area (Å²) >= 11 is 0. The molecule has 2 heteroatoms. The van der Waals surface area contributed by atoms with Crippen LogP contribution in [0, 0.1) is 6.92 Å². The smallest absolute Gasteiger partial charge is 0.127 e. The molecule has 0 bridgehead atoms. The van der Waals surface area contributed by atoms with Gasteiger partial charge in [-0.1, -0.05) is 66.7 Å². The van der Waals surface area contributed by atoms with Gasteiger partial charge in [-0.05, 0) is 43.9 Å². The highest BCUT2D eigenvalue weighted by atomic mass is 16.5. The maximum absolute atomic E-state index is 6.44. The Balaban J connectivity index is 1.61. The molecule has 1 fully saturated rings. The fraction of sp³-hybridized carbons (Fsp3) is 0.333. The average molecular weight is 348 g/mol. The van der Waals surface area contributed by atoms with Crippen molar-refractivity contribution in [3.8, 4) is 0 Å². The van der Waals surface area contributed by atoms with Crippen LogP contribution in [0.15, 0.2) is 72.8 Å². The molecule has 0 radical (unpaired) electrons. The number of benzene rings is 2. The lowest BCUT2D eigenvalue weighted by Gasteiger charge is -2.33. The molecule has 26 heavy (non-hydrogen) atoms. The standard InChI is InChI=1S/C24H29NO/c1-19(2)17-24(23-12-8-7-9-20(23)3)26-22-13-15-25(16-14-22)18-21-10-5-4-6-11-21/h4-12,17,22H,1,13-16,18H2,2-3H3/b24-17+. The van der Waals surface area contributed by atoms with Gasteiger partial charge in [0.2, 0.25) is 0 Å². The Morgan fingerprint density at radius 2 is 1.73 bits per heavy atom. The van der Waals surface area contributed by atoms with Crippen LogP contribution in [0.4, 0.5) is 0 Å². The van der Waals surface area contributed by atoms with Crippen LogP contribution in [-0.2, 0) is 11.3 Å². The third kappa shape index (κ3) is 5.09. The molecule has 2 nitrogen and oxygen atoms in total. The first-order valence-electron chi connectivity index (χ1n) is 9.48. The second-order valence-corrected chi connectivity index (χ2v) is 7.25. The predicted octanol–water partition coefficient (Wildman–Crippen LogP) is 5.59. The van der Waals surface area contributed by atoms with Crippen molar-refractivity contribution in [1.82, 2.24) is 4.90 Å². The fourth-order valence-corrected chi connectivity index (χ4v) is 3.45. The maximum Gasteiger partial charge on any atom is 0.127 e. The van der Waals surface area contributed by atoms with Crippen LogP contribution in [0.5, 0.6) is 0 Å². The number of hydrogen-bond donors (Lipinski definition) is 0. The SMILES string of the molecule is C=C(C)/C=C(/OC1CCN(Cc2ccccc2)CC1)c1ccccc1C. The van der Waals surface area contributed by atoms with E-state index in [1.54, 1.807) is 0 Å². The quantitative estimate of drug-likeness (QED) is 0.499. The van der Waals surface area contributed by atoms with E-state index in [1.807, 2.05) is 6.92 Å². The third-order valence-corrected chi connectivity index (χ3v) is 4.87. The van der Waals surface area contributed by atoms with Gasteiger partial charge in [-0.15, -0.1) is 0 Å². The fourth-order valence-electron chi connectivity index (χ4n) is 3.45. The Hall–Kier alpha value is -2.32. The van der Waals surface area contributed by atoms with Gasteiger partial charge in [0.15, 0.2) is 0 Å². The van der Waals surface area contributed by atoms with Gasteiger partial charge in [0, 0.05) is 25.2 Å². The van der Waals surface area contributed by atoms with E-state index in [2.05, 4.69) is 79.1 Å². The summed E-state index contributed by atoms with van der Waals surface area (Å²) in [5, 5.41) is 0. The molecule has 0 aromatic heterocycles. The highest BCUT2D eigenvalue weighted by Crippen LogP contribution is 2.26. The first-order chi connectivity index (χ1) is 12.6. The topological polar surface area (TPSA) is 12.5 Å². The Bertz CT molecular complexity index is 755. The molecule has 2 aromatic carbocycles. The molecule has 0 spiro atoms. The van der Waals surface area contributed by atoms with Crippen LogP contribution in [-0.4, -0.2) is 24.1 Å². The number of hydrogen-bond acceptors (Lipinski definition) is 2. The second kappa shape index (κ2) is 8.86. The lowest BCUT2D eigenvalue weighted by molar-refractivity contribution is 0.0770. The number of rotatable bonds is 6. The van der Waals surface area contributed by atoms with Gasteiger partial charge in [-0.2, -0.15) is 0 Å². The monoisotopic (exact) mass is 347 g/mol. The van der Waals surface area contributed by atoms with E-state index < -0.39 is 0 Å². The number of aryl methyl sites for hydroxylation is 1. The molecule has 0 amide bonds. The summed E-state index contributed by atoms with van der Waals surface area (Å²) in [6, 6.07) is 19.1.